The number of hydrogen-bond donors (Lipinski definition) is 3. The van der Waals surface area contributed by atoms with E-state index in [-0.39, 0.29) is 35.4 Å². The second kappa shape index (κ2) is 8.47. The van der Waals surface area contributed by atoms with Crippen LogP contribution < -0.4 is 5.32 Å². The van der Waals surface area contributed by atoms with Crippen molar-refractivity contribution in [2.75, 3.05) is 13.2 Å². The Bertz CT molecular complexity index is 590. The highest BCUT2D eigenvalue weighted by atomic mass is 16.3. The van der Waals surface area contributed by atoms with Gasteiger partial charge in [-0.05, 0) is 85.9 Å². The lowest BCUT2D eigenvalue weighted by Gasteiger charge is -2.56. The lowest BCUT2D eigenvalue weighted by molar-refractivity contribution is -0.123. The summed E-state index contributed by atoms with van der Waals surface area (Å²) in [5.41, 5.74) is 1.61. The van der Waals surface area contributed by atoms with Gasteiger partial charge in [0.25, 0.3) is 0 Å². The number of carbonyl (C=O) groups excluding carboxylic acids is 1. The second-order valence-corrected chi connectivity index (χ2v) is 10.3. The molecule has 0 aromatic rings. The highest BCUT2D eigenvalue weighted by molar-refractivity contribution is 5.75. The van der Waals surface area contributed by atoms with E-state index in [1.165, 1.54) is 12.0 Å². The van der Waals surface area contributed by atoms with Crippen molar-refractivity contribution in [2.24, 2.45) is 34.5 Å². The Hall–Kier alpha value is -0.870. The van der Waals surface area contributed by atoms with Crippen LogP contribution >= 0.6 is 0 Å². The zero-order valence-corrected chi connectivity index (χ0v) is 18.2. The standard InChI is InChI=1S/C24H41NO3/c1-5-6-22(28)25-14-19-20-8-7-16(2)23(20,3)12-10-21(19)24(4)11-9-18(27)13-17(24)15-26/h17-21,26-27H,2,5-15H2,1,3-4H3,(H,25,28). The van der Waals surface area contributed by atoms with Crippen LogP contribution in [0.2, 0.25) is 0 Å². The summed E-state index contributed by atoms with van der Waals surface area (Å²) in [6.07, 6.45) is 8.24. The van der Waals surface area contributed by atoms with E-state index < -0.39 is 0 Å². The molecule has 0 bridgehead atoms. The number of hydrogen-bond acceptors (Lipinski definition) is 3. The Morgan fingerprint density at radius 1 is 1.21 bits per heavy atom. The summed E-state index contributed by atoms with van der Waals surface area (Å²) in [7, 11) is 0. The van der Waals surface area contributed by atoms with E-state index >= 15 is 0 Å². The molecular formula is C24H41NO3. The molecule has 0 radical (unpaired) electrons. The number of allylic oxidation sites excluding steroid dienone is 1. The summed E-state index contributed by atoms with van der Waals surface area (Å²) < 4.78 is 0. The molecule has 1 amide bonds. The molecule has 0 aromatic heterocycles. The van der Waals surface area contributed by atoms with Gasteiger partial charge in [0.2, 0.25) is 5.91 Å². The number of aliphatic hydroxyl groups excluding tert-OH is 2. The van der Waals surface area contributed by atoms with Gasteiger partial charge in [-0.1, -0.05) is 32.9 Å². The van der Waals surface area contributed by atoms with Gasteiger partial charge in [0.05, 0.1) is 6.10 Å². The third-order valence-electron chi connectivity index (χ3n) is 8.98. The van der Waals surface area contributed by atoms with Crippen molar-refractivity contribution in [3.8, 4) is 0 Å². The van der Waals surface area contributed by atoms with Crippen molar-refractivity contribution < 1.29 is 15.0 Å². The molecular weight excluding hydrogens is 350 g/mol. The normalized spacial score (nSPS) is 43.6. The molecule has 28 heavy (non-hydrogen) atoms. The van der Waals surface area contributed by atoms with Crippen molar-refractivity contribution in [3.63, 3.8) is 0 Å². The highest BCUT2D eigenvalue weighted by Crippen LogP contribution is 2.63. The number of carbonyl (C=O) groups is 1. The maximum Gasteiger partial charge on any atom is 0.219 e. The molecule has 0 aliphatic heterocycles. The molecule has 0 saturated heterocycles. The van der Waals surface area contributed by atoms with Crippen molar-refractivity contribution in [1.29, 1.82) is 0 Å². The molecule has 3 saturated carbocycles. The average molecular weight is 392 g/mol. The fourth-order valence-corrected chi connectivity index (χ4v) is 7.01. The van der Waals surface area contributed by atoms with Gasteiger partial charge < -0.3 is 15.5 Å². The summed E-state index contributed by atoms with van der Waals surface area (Å²) >= 11 is 0. The minimum atomic E-state index is -0.284. The molecule has 160 valence electrons. The van der Waals surface area contributed by atoms with Crippen molar-refractivity contribution >= 4 is 5.91 Å². The number of rotatable bonds is 6. The van der Waals surface area contributed by atoms with E-state index in [4.69, 9.17) is 0 Å². The monoisotopic (exact) mass is 391 g/mol. The quantitative estimate of drug-likeness (QED) is 0.598. The van der Waals surface area contributed by atoms with Crippen LogP contribution in [0.5, 0.6) is 0 Å². The molecule has 3 aliphatic carbocycles. The van der Waals surface area contributed by atoms with Crippen LogP contribution in [0.15, 0.2) is 12.2 Å². The maximum absolute atomic E-state index is 12.2. The topological polar surface area (TPSA) is 69.6 Å². The average Bonchev–Trinajstić information content (AvgIpc) is 2.97. The second-order valence-electron chi connectivity index (χ2n) is 10.3. The number of amides is 1. The van der Waals surface area contributed by atoms with E-state index in [0.29, 0.717) is 30.6 Å². The molecule has 3 fully saturated rings. The maximum atomic E-state index is 12.2. The molecule has 3 N–H and O–H groups in total. The Morgan fingerprint density at radius 2 is 1.96 bits per heavy atom. The SMILES string of the molecule is C=C1CCC2C(CNC(=O)CCC)C(C3(C)CCC(O)CC3CO)CCC12C. The summed E-state index contributed by atoms with van der Waals surface area (Å²) in [4.78, 5) is 12.2. The minimum absolute atomic E-state index is 0.0272. The van der Waals surface area contributed by atoms with Crippen molar-refractivity contribution in [1.82, 2.24) is 5.32 Å². The molecule has 4 heteroatoms. The van der Waals surface area contributed by atoms with E-state index in [1.807, 2.05) is 6.92 Å². The smallest absolute Gasteiger partial charge is 0.219 e. The predicted molar refractivity (Wildman–Crippen MR) is 113 cm³/mol. The van der Waals surface area contributed by atoms with Crippen molar-refractivity contribution in [2.45, 2.75) is 84.7 Å². The number of aliphatic hydroxyl groups is 2. The Kier molecular flexibility index (Phi) is 6.61. The molecule has 0 heterocycles. The largest absolute Gasteiger partial charge is 0.396 e. The zero-order chi connectivity index (χ0) is 20.5. The first-order chi connectivity index (χ1) is 13.3. The molecule has 0 spiro atoms. The Balaban J connectivity index is 1.87. The van der Waals surface area contributed by atoms with Crippen LogP contribution in [0.1, 0.15) is 78.6 Å². The van der Waals surface area contributed by atoms with Crippen LogP contribution in [0.4, 0.5) is 0 Å². The molecule has 4 nitrogen and oxygen atoms in total. The van der Waals surface area contributed by atoms with Gasteiger partial charge in [-0.25, -0.2) is 0 Å². The van der Waals surface area contributed by atoms with Crippen LogP contribution in [0, 0.1) is 34.5 Å². The van der Waals surface area contributed by atoms with Gasteiger partial charge in [0.15, 0.2) is 0 Å². The molecule has 3 rings (SSSR count). The summed E-state index contributed by atoms with van der Waals surface area (Å²) in [5.74, 6) is 1.76. The van der Waals surface area contributed by atoms with Crippen LogP contribution in [-0.2, 0) is 4.79 Å². The molecule has 7 unspecified atom stereocenters. The first kappa shape index (κ1) is 21.8. The fraction of sp³-hybridized carbons (Fsp3) is 0.875. The third-order valence-corrected chi connectivity index (χ3v) is 8.98. The Morgan fingerprint density at radius 3 is 2.64 bits per heavy atom. The molecule has 0 aromatic carbocycles. The van der Waals surface area contributed by atoms with E-state index in [2.05, 4.69) is 25.7 Å². The summed E-state index contributed by atoms with van der Waals surface area (Å²) in [5, 5.41) is 23.6. The number of fused-ring (bicyclic) bond motifs is 1. The predicted octanol–water partition coefficient (Wildman–Crippen LogP) is 4.06. The van der Waals surface area contributed by atoms with E-state index in [0.717, 1.165) is 45.1 Å². The van der Waals surface area contributed by atoms with E-state index in [9.17, 15) is 15.0 Å². The minimum Gasteiger partial charge on any atom is -0.396 e. The van der Waals surface area contributed by atoms with Crippen LogP contribution in [0.25, 0.3) is 0 Å². The fourth-order valence-electron chi connectivity index (χ4n) is 7.01. The Labute approximate surface area is 171 Å². The van der Waals surface area contributed by atoms with E-state index in [1.54, 1.807) is 0 Å². The van der Waals surface area contributed by atoms with Crippen LogP contribution in [0.3, 0.4) is 0 Å². The highest BCUT2D eigenvalue weighted by Gasteiger charge is 2.56. The molecule has 3 aliphatic rings. The van der Waals surface area contributed by atoms with Gasteiger partial charge in [-0.2, -0.15) is 0 Å². The lowest BCUT2D eigenvalue weighted by Crippen LogP contribution is -2.53. The van der Waals surface area contributed by atoms with Gasteiger partial charge >= 0.3 is 0 Å². The van der Waals surface area contributed by atoms with Gasteiger partial charge in [-0.3, -0.25) is 4.79 Å². The first-order valence-corrected chi connectivity index (χ1v) is 11.5. The van der Waals surface area contributed by atoms with Crippen LogP contribution in [-0.4, -0.2) is 35.4 Å². The summed E-state index contributed by atoms with van der Waals surface area (Å²) in [6.45, 7) is 12.1. The number of nitrogens with one attached hydrogen (secondary N) is 1. The van der Waals surface area contributed by atoms with Gasteiger partial charge in [0.1, 0.15) is 0 Å². The first-order valence-electron chi connectivity index (χ1n) is 11.5. The van der Waals surface area contributed by atoms with Crippen molar-refractivity contribution in [3.05, 3.63) is 12.2 Å². The van der Waals surface area contributed by atoms with Gasteiger partial charge in [0, 0.05) is 19.6 Å². The zero-order valence-electron chi connectivity index (χ0n) is 18.2. The van der Waals surface area contributed by atoms with Gasteiger partial charge in [-0.15, -0.1) is 0 Å². The third kappa shape index (κ3) is 3.79. The molecule has 7 atom stereocenters. The summed E-state index contributed by atoms with van der Waals surface area (Å²) in [6, 6.07) is 0. The lowest BCUT2D eigenvalue weighted by atomic mass is 9.49.